The Morgan fingerprint density at radius 1 is 1.38 bits per heavy atom. The molecule has 21 heavy (non-hydrogen) atoms. The molecule has 4 nitrogen and oxygen atoms in total. The Morgan fingerprint density at radius 3 is 2.86 bits per heavy atom. The van der Waals surface area contributed by atoms with Gasteiger partial charge in [-0.15, -0.1) is 11.3 Å². The number of hydrogen-bond acceptors (Lipinski definition) is 4. The van der Waals surface area contributed by atoms with Gasteiger partial charge in [0.2, 0.25) is 0 Å². The normalized spacial score (nSPS) is 10.8. The van der Waals surface area contributed by atoms with Crippen molar-refractivity contribution < 1.29 is 9.53 Å². The summed E-state index contributed by atoms with van der Waals surface area (Å²) in [5.41, 5.74) is 2.43. The number of carbonyl (C=O) groups is 1. The van der Waals surface area contributed by atoms with Crippen LogP contribution in [-0.2, 0) is 4.79 Å². The number of hydrazone groups is 1. The number of nitrogens with zero attached hydrogens (tertiary/aromatic N) is 1. The van der Waals surface area contributed by atoms with Crippen molar-refractivity contribution in [3.8, 4) is 5.75 Å². The van der Waals surface area contributed by atoms with Gasteiger partial charge < -0.3 is 4.74 Å². The van der Waals surface area contributed by atoms with Crippen molar-refractivity contribution in [3.05, 3.63) is 49.0 Å². The number of rotatable bonds is 5. The third kappa shape index (κ3) is 5.26. The van der Waals surface area contributed by atoms with Crippen molar-refractivity contribution in [2.45, 2.75) is 6.92 Å². The second-order valence-corrected chi connectivity index (χ2v) is 7.19. The molecule has 1 N–H and O–H groups in total. The van der Waals surface area contributed by atoms with E-state index in [1.165, 1.54) is 4.88 Å². The van der Waals surface area contributed by atoms with E-state index in [2.05, 4.69) is 42.4 Å². The Hall–Kier alpha value is -1.18. The lowest BCUT2D eigenvalue weighted by Gasteiger charge is -2.07. The molecular weight excluding hydrogens is 420 g/mol. The predicted molar refractivity (Wildman–Crippen MR) is 92.1 cm³/mol. The number of thiophene rings is 1. The van der Waals surface area contributed by atoms with Gasteiger partial charge in [0.15, 0.2) is 6.61 Å². The number of hydrogen-bond donors (Lipinski definition) is 1. The lowest BCUT2D eigenvalue weighted by molar-refractivity contribution is -0.123. The van der Waals surface area contributed by atoms with Gasteiger partial charge in [-0.1, -0.05) is 15.9 Å². The van der Waals surface area contributed by atoms with Crippen LogP contribution in [0.4, 0.5) is 0 Å². The van der Waals surface area contributed by atoms with Crippen LogP contribution in [0, 0.1) is 6.92 Å². The van der Waals surface area contributed by atoms with Gasteiger partial charge in [0.25, 0.3) is 5.91 Å². The molecule has 2 rings (SSSR count). The van der Waals surface area contributed by atoms with Gasteiger partial charge in [0, 0.05) is 14.2 Å². The van der Waals surface area contributed by atoms with Crippen LogP contribution in [0.3, 0.4) is 0 Å². The molecule has 1 aromatic heterocycles. The zero-order chi connectivity index (χ0) is 15.2. The highest BCUT2D eigenvalue weighted by Gasteiger charge is 2.05. The average molecular weight is 432 g/mol. The highest BCUT2D eigenvalue weighted by Crippen LogP contribution is 2.28. The van der Waals surface area contributed by atoms with Crippen molar-refractivity contribution in [1.29, 1.82) is 0 Å². The molecular formula is C14H12Br2N2O2S. The fourth-order valence-corrected chi connectivity index (χ4v) is 3.37. The van der Waals surface area contributed by atoms with Gasteiger partial charge in [-0.25, -0.2) is 5.43 Å². The summed E-state index contributed by atoms with van der Waals surface area (Å²) in [6.07, 6.45) is 1.62. The van der Waals surface area contributed by atoms with Crippen molar-refractivity contribution >= 4 is 55.3 Å². The van der Waals surface area contributed by atoms with Crippen molar-refractivity contribution in [1.82, 2.24) is 5.43 Å². The van der Waals surface area contributed by atoms with Gasteiger partial charge in [-0.05, 0) is 53.2 Å². The Kier molecular flexibility index (Phi) is 5.96. The fourth-order valence-electron chi connectivity index (χ4n) is 1.46. The number of aryl methyl sites for hydroxylation is 1. The van der Waals surface area contributed by atoms with E-state index in [1.807, 2.05) is 31.2 Å². The summed E-state index contributed by atoms with van der Waals surface area (Å²) < 4.78 is 7.12. The first-order valence-electron chi connectivity index (χ1n) is 6.01. The zero-order valence-electron chi connectivity index (χ0n) is 11.1. The second kappa shape index (κ2) is 7.72. The zero-order valence-corrected chi connectivity index (χ0v) is 15.1. The van der Waals surface area contributed by atoms with Crippen LogP contribution in [0.1, 0.15) is 9.75 Å². The van der Waals surface area contributed by atoms with Crippen molar-refractivity contribution in [2.75, 3.05) is 6.61 Å². The van der Waals surface area contributed by atoms with E-state index < -0.39 is 0 Å². The van der Waals surface area contributed by atoms with Crippen LogP contribution in [-0.4, -0.2) is 18.7 Å². The molecule has 0 fully saturated rings. The minimum Gasteiger partial charge on any atom is -0.483 e. The molecule has 110 valence electrons. The summed E-state index contributed by atoms with van der Waals surface area (Å²) in [6.45, 7) is 1.92. The molecule has 0 aliphatic heterocycles. The number of benzene rings is 1. The number of carbonyl (C=O) groups excluding carboxylic acids is 1. The first kappa shape index (κ1) is 16.2. The van der Waals surface area contributed by atoms with E-state index in [0.717, 1.165) is 13.8 Å². The number of ether oxygens (including phenoxy) is 1. The molecule has 0 unspecified atom stereocenters. The number of halogens is 2. The molecule has 7 heteroatoms. The summed E-state index contributed by atoms with van der Waals surface area (Å²) in [6, 6.07) is 9.42. The average Bonchev–Trinajstić information content (AvgIpc) is 2.83. The third-order valence-electron chi connectivity index (χ3n) is 2.39. The number of nitrogens with one attached hydrogen (secondary N) is 1. The first-order valence-corrected chi connectivity index (χ1v) is 8.41. The summed E-state index contributed by atoms with van der Waals surface area (Å²) in [5, 5.41) is 3.89. The second-order valence-electron chi connectivity index (χ2n) is 4.11. The molecule has 1 aromatic carbocycles. The maximum atomic E-state index is 11.6. The van der Waals surface area contributed by atoms with Gasteiger partial charge >= 0.3 is 0 Å². The van der Waals surface area contributed by atoms with E-state index in [-0.39, 0.29) is 12.5 Å². The molecule has 0 aliphatic carbocycles. The maximum absolute atomic E-state index is 11.6. The number of amides is 1. The minimum absolute atomic E-state index is 0.0962. The molecule has 0 aliphatic rings. The van der Waals surface area contributed by atoms with Gasteiger partial charge in [-0.3, -0.25) is 4.79 Å². The van der Waals surface area contributed by atoms with Gasteiger partial charge in [-0.2, -0.15) is 5.10 Å². The molecule has 0 saturated carbocycles. The van der Waals surface area contributed by atoms with Crippen LogP contribution in [0.2, 0.25) is 0 Å². The smallest absolute Gasteiger partial charge is 0.277 e. The van der Waals surface area contributed by atoms with Crippen LogP contribution in [0.15, 0.2) is 44.4 Å². The van der Waals surface area contributed by atoms with Crippen LogP contribution in [0.5, 0.6) is 5.75 Å². The fraction of sp³-hybridized carbons (Fsp3) is 0.143. The Labute approximate surface area is 143 Å². The van der Waals surface area contributed by atoms with E-state index in [0.29, 0.717) is 5.75 Å². The molecule has 1 heterocycles. The molecule has 0 spiro atoms. The molecule has 0 radical (unpaired) electrons. The standard InChI is InChI=1S/C14H12Br2N2O2S/c1-9-2-4-11(21-9)7-17-18-14(19)8-20-13-5-3-10(15)6-12(13)16/h2-7H,8H2,1H3,(H,18,19)/b17-7-. The molecule has 0 bridgehead atoms. The summed E-state index contributed by atoms with van der Waals surface area (Å²) in [4.78, 5) is 13.8. The molecule has 0 atom stereocenters. The Bertz CT molecular complexity index is 671. The third-order valence-corrected chi connectivity index (χ3v) is 4.44. The van der Waals surface area contributed by atoms with Crippen molar-refractivity contribution in [3.63, 3.8) is 0 Å². The first-order chi connectivity index (χ1) is 10.0. The van der Waals surface area contributed by atoms with Crippen LogP contribution < -0.4 is 10.2 Å². The Morgan fingerprint density at radius 2 is 2.19 bits per heavy atom. The Balaban J connectivity index is 1.81. The van der Waals surface area contributed by atoms with Gasteiger partial charge in [0.05, 0.1) is 10.7 Å². The predicted octanol–water partition coefficient (Wildman–Crippen LogP) is 4.11. The summed E-state index contributed by atoms with van der Waals surface area (Å²) in [5.74, 6) is 0.292. The summed E-state index contributed by atoms with van der Waals surface area (Å²) >= 11 is 8.33. The molecule has 0 saturated heterocycles. The van der Waals surface area contributed by atoms with Crippen LogP contribution in [0.25, 0.3) is 0 Å². The van der Waals surface area contributed by atoms with Gasteiger partial charge in [0.1, 0.15) is 5.75 Å². The minimum atomic E-state index is -0.311. The van der Waals surface area contributed by atoms with Crippen LogP contribution >= 0.6 is 43.2 Å². The molecule has 2 aromatic rings. The lowest BCUT2D eigenvalue weighted by atomic mass is 10.3. The topological polar surface area (TPSA) is 50.7 Å². The highest BCUT2D eigenvalue weighted by molar-refractivity contribution is 9.11. The van der Waals surface area contributed by atoms with E-state index in [4.69, 9.17) is 4.74 Å². The summed E-state index contributed by atoms with van der Waals surface area (Å²) in [7, 11) is 0. The SMILES string of the molecule is Cc1ccc(/C=N\NC(=O)COc2ccc(Br)cc2Br)s1. The van der Waals surface area contributed by atoms with E-state index in [9.17, 15) is 4.79 Å². The van der Waals surface area contributed by atoms with Crippen molar-refractivity contribution in [2.24, 2.45) is 5.10 Å². The molecule has 1 amide bonds. The maximum Gasteiger partial charge on any atom is 0.277 e. The lowest BCUT2D eigenvalue weighted by Crippen LogP contribution is -2.24. The largest absolute Gasteiger partial charge is 0.483 e. The monoisotopic (exact) mass is 430 g/mol. The highest BCUT2D eigenvalue weighted by atomic mass is 79.9. The van der Waals surface area contributed by atoms with E-state index >= 15 is 0 Å². The quantitative estimate of drug-likeness (QED) is 0.572. The van der Waals surface area contributed by atoms with E-state index in [1.54, 1.807) is 23.6 Å².